The predicted octanol–water partition coefficient (Wildman–Crippen LogP) is 4.03. The molecule has 0 atom stereocenters. The highest BCUT2D eigenvalue weighted by atomic mass is 35.5. The van der Waals surface area contributed by atoms with Crippen LogP contribution in [0, 0.1) is 6.92 Å². The Morgan fingerprint density at radius 2 is 1.81 bits per heavy atom. The highest BCUT2D eigenvalue weighted by Crippen LogP contribution is 2.36. The van der Waals surface area contributed by atoms with Gasteiger partial charge in [-0.05, 0) is 69.9 Å². The van der Waals surface area contributed by atoms with Crippen molar-refractivity contribution in [1.29, 1.82) is 0 Å². The maximum Gasteiger partial charge on any atom is 0.244 e. The number of carbonyl (C=O) groups excluding carboxylic acids is 1. The molecule has 0 unspecified atom stereocenters. The molecular formula is C22H26ClN3O4S2. The van der Waals surface area contributed by atoms with Crippen LogP contribution in [0.3, 0.4) is 0 Å². The average Bonchev–Trinajstić information content (AvgIpc) is 3.19. The van der Waals surface area contributed by atoms with E-state index in [4.69, 9.17) is 16.3 Å². The molecule has 7 nitrogen and oxygen atoms in total. The number of rotatable bonds is 9. The quantitative estimate of drug-likeness (QED) is 0.446. The predicted molar refractivity (Wildman–Crippen MR) is 130 cm³/mol. The maximum atomic E-state index is 13.2. The Hall–Kier alpha value is -2.20. The molecule has 1 amide bonds. The lowest BCUT2D eigenvalue weighted by Crippen LogP contribution is -2.37. The second-order valence-electron chi connectivity index (χ2n) is 7.68. The molecule has 0 fully saturated rings. The third-order valence-corrected chi connectivity index (χ3v) is 8.09. The smallest absolute Gasteiger partial charge is 0.244 e. The van der Waals surface area contributed by atoms with Gasteiger partial charge in [-0.25, -0.2) is 13.4 Å². The van der Waals surface area contributed by atoms with Gasteiger partial charge in [0.15, 0.2) is 15.0 Å². The van der Waals surface area contributed by atoms with Crippen molar-refractivity contribution in [2.75, 3.05) is 44.9 Å². The van der Waals surface area contributed by atoms with Crippen molar-refractivity contribution >= 4 is 54.0 Å². The fraction of sp³-hybridized carbons (Fsp3) is 0.364. The number of hydrogen-bond donors (Lipinski definition) is 0. The number of halogens is 1. The van der Waals surface area contributed by atoms with Crippen LogP contribution >= 0.6 is 22.9 Å². The number of nitrogens with zero attached hydrogens (tertiary/aromatic N) is 3. The van der Waals surface area contributed by atoms with Crippen LogP contribution in [0.4, 0.5) is 5.13 Å². The Labute approximate surface area is 197 Å². The number of aryl methyl sites for hydroxylation is 1. The number of sulfone groups is 1. The van der Waals surface area contributed by atoms with Gasteiger partial charge >= 0.3 is 0 Å². The summed E-state index contributed by atoms with van der Waals surface area (Å²) in [6, 6.07) is 9.68. The molecule has 0 N–H and O–H groups in total. The highest BCUT2D eigenvalue weighted by molar-refractivity contribution is 7.92. The van der Waals surface area contributed by atoms with E-state index in [1.807, 2.05) is 32.0 Å². The summed E-state index contributed by atoms with van der Waals surface area (Å²) in [5, 5.41) is 1.01. The zero-order valence-corrected chi connectivity index (χ0v) is 20.9. The van der Waals surface area contributed by atoms with E-state index in [-0.39, 0.29) is 4.90 Å². The molecule has 0 saturated carbocycles. The van der Waals surface area contributed by atoms with Crippen LogP contribution in [-0.4, -0.2) is 64.3 Å². The van der Waals surface area contributed by atoms with Crippen LogP contribution in [-0.2, 0) is 14.6 Å². The molecule has 0 saturated heterocycles. The Kier molecular flexibility index (Phi) is 7.76. The maximum absolute atomic E-state index is 13.2. The Balaban J connectivity index is 1.91. The van der Waals surface area contributed by atoms with E-state index in [0.29, 0.717) is 28.9 Å². The summed E-state index contributed by atoms with van der Waals surface area (Å²) >= 11 is 7.64. The zero-order valence-electron chi connectivity index (χ0n) is 18.5. The summed E-state index contributed by atoms with van der Waals surface area (Å²) < 4.78 is 31.7. The van der Waals surface area contributed by atoms with E-state index >= 15 is 0 Å². The van der Waals surface area contributed by atoms with Crippen LogP contribution in [0.1, 0.15) is 12.0 Å². The van der Waals surface area contributed by atoms with Crippen LogP contribution < -0.4 is 9.64 Å². The van der Waals surface area contributed by atoms with Gasteiger partial charge in [0.2, 0.25) is 5.91 Å². The molecule has 0 bridgehead atoms. The number of thiazole rings is 1. The first-order chi connectivity index (χ1) is 15.1. The summed E-state index contributed by atoms with van der Waals surface area (Å²) in [7, 11) is 1.56. The van der Waals surface area contributed by atoms with Crippen LogP contribution in [0.15, 0.2) is 41.3 Å². The van der Waals surface area contributed by atoms with Gasteiger partial charge in [-0.2, -0.15) is 0 Å². The second kappa shape index (κ2) is 10.2. The normalized spacial score (nSPS) is 11.8. The zero-order chi connectivity index (χ0) is 23.5. The van der Waals surface area contributed by atoms with E-state index in [9.17, 15) is 13.2 Å². The molecule has 2 aromatic carbocycles. The van der Waals surface area contributed by atoms with Gasteiger partial charge in [0.05, 0.1) is 27.2 Å². The molecule has 172 valence electrons. The molecule has 0 spiro atoms. The highest BCUT2D eigenvalue weighted by Gasteiger charge is 2.27. The van der Waals surface area contributed by atoms with Crippen LogP contribution in [0.25, 0.3) is 10.2 Å². The van der Waals surface area contributed by atoms with Gasteiger partial charge in [0, 0.05) is 6.54 Å². The first-order valence-corrected chi connectivity index (χ1v) is 12.8. The summed E-state index contributed by atoms with van der Waals surface area (Å²) in [5.74, 6) is -0.626. The number of methoxy groups -OCH3 is 1. The number of benzene rings is 2. The molecule has 10 heteroatoms. The molecule has 0 aliphatic heterocycles. The van der Waals surface area contributed by atoms with Crippen LogP contribution in [0.2, 0.25) is 5.02 Å². The number of hydrogen-bond acceptors (Lipinski definition) is 7. The van der Waals surface area contributed by atoms with Crippen molar-refractivity contribution in [2.45, 2.75) is 18.2 Å². The summed E-state index contributed by atoms with van der Waals surface area (Å²) in [6.45, 7) is 3.03. The van der Waals surface area contributed by atoms with Crippen molar-refractivity contribution in [3.8, 4) is 5.75 Å². The monoisotopic (exact) mass is 495 g/mol. The van der Waals surface area contributed by atoms with Gasteiger partial charge in [0.1, 0.15) is 11.5 Å². The van der Waals surface area contributed by atoms with Crippen LogP contribution in [0.5, 0.6) is 5.75 Å². The van der Waals surface area contributed by atoms with E-state index < -0.39 is 21.5 Å². The summed E-state index contributed by atoms with van der Waals surface area (Å²) in [4.78, 5) is 21.4. The van der Waals surface area contributed by atoms with E-state index in [1.165, 1.54) is 35.5 Å². The van der Waals surface area contributed by atoms with Crippen molar-refractivity contribution in [3.63, 3.8) is 0 Å². The van der Waals surface area contributed by atoms with Crippen molar-refractivity contribution < 1.29 is 17.9 Å². The number of carbonyl (C=O) groups is 1. The minimum Gasteiger partial charge on any atom is -0.497 e. The Bertz CT molecular complexity index is 1170. The van der Waals surface area contributed by atoms with Gasteiger partial charge in [-0.3, -0.25) is 9.69 Å². The standard InChI is InChI=1S/C22H26ClN3O4S2/c1-15-6-11-18(23)21-20(15)24-22(31-21)26(13-5-12-25(2)3)19(27)14-32(28,29)17-9-7-16(30-4)8-10-17/h6-11H,5,12-14H2,1-4H3. The molecule has 0 aliphatic rings. The van der Waals surface area contributed by atoms with Gasteiger partial charge < -0.3 is 9.64 Å². The fourth-order valence-corrected chi connectivity index (χ4v) is 5.74. The Morgan fingerprint density at radius 1 is 1.12 bits per heavy atom. The summed E-state index contributed by atoms with van der Waals surface area (Å²) in [6.07, 6.45) is 0.671. The van der Waals surface area contributed by atoms with E-state index in [0.717, 1.165) is 22.3 Å². The third-order valence-electron chi connectivity index (χ3n) is 4.94. The molecule has 32 heavy (non-hydrogen) atoms. The van der Waals surface area contributed by atoms with Crippen molar-refractivity contribution in [3.05, 3.63) is 47.0 Å². The van der Waals surface area contributed by atoms with Crippen molar-refractivity contribution in [1.82, 2.24) is 9.88 Å². The van der Waals surface area contributed by atoms with Gasteiger partial charge in [-0.15, -0.1) is 0 Å². The SMILES string of the molecule is COc1ccc(S(=O)(=O)CC(=O)N(CCCN(C)C)c2nc3c(C)ccc(Cl)c3s2)cc1. The molecule has 1 heterocycles. The van der Waals surface area contributed by atoms with Gasteiger partial charge in [0.25, 0.3) is 0 Å². The minimum absolute atomic E-state index is 0.0723. The number of ether oxygens (including phenoxy) is 1. The molecule has 0 aliphatic carbocycles. The van der Waals surface area contributed by atoms with E-state index in [2.05, 4.69) is 4.98 Å². The second-order valence-corrected chi connectivity index (χ2v) is 11.0. The van der Waals surface area contributed by atoms with E-state index in [1.54, 1.807) is 18.2 Å². The molecule has 3 rings (SSSR count). The van der Waals surface area contributed by atoms with Gasteiger partial charge in [-0.1, -0.05) is 29.0 Å². The molecule has 1 aromatic heterocycles. The largest absolute Gasteiger partial charge is 0.497 e. The lowest BCUT2D eigenvalue weighted by atomic mass is 10.2. The third kappa shape index (κ3) is 5.58. The first kappa shape index (κ1) is 24.4. The fourth-order valence-electron chi connectivity index (χ4n) is 3.19. The minimum atomic E-state index is -3.83. The topological polar surface area (TPSA) is 79.8 Å². The number of anilines is 1. The number of fused-ring (bicyclic) bond motifs is 1. The van der Waals surface area contributed by atoms with Crippen molar-refractivity contribution in [2.24, 2.45) is 0 Å². The lowest BCUT2D eigenvalue weighted by Gasteiger charge is -2.21. The average molecular weight is 496 g/mol. The number of aromatic nitrogens is 1. The number of amides is 1. The Morgan fingerprint density at radius 3 is 2.41 bits per heavy atom. The summed E-state index contributed by atoms with van der Waals surface area (Å²) in [5.41, 5.74) is 1.67. The molecular weight excluding hydrogens is 470 g/mol. The molecule has 0 radical (unpaired) electrons. The molecule has 3 aromatic rings. The first-order valence-electron chi connectivity index (χ1n) is 10.00. The lowest BCUT2D eigenvalue weighted by molar-refractivity contribution is -0.116.